The normalized spacial score (nSPS) is 11.5. The molecule has 0 N–H and O–H groups in total. The Morgan fingerprint density at radius 3 is 2.24 bits per heavy atom. The van der Waals surface area contributed by atoms with Crippen LogP contribution in [-0.2, 0) is 5.41 Å². The molecule has 0 atom stereocenters. The van der Waals surface area contributed by atoms with Crippen molar-refractivity contribution in [3.05, 3.63) is 53.6 Å². The molecule has 0 saturated heterocycles. The molecule has 1 heterocycles. The van der Waals surface area contributed by atoms with E-state index >= 15 is 0 Å². The van der Waals surface area contributed by atoms with Gasteiger partial charge in [0, 0.05) is 18.7 Å². The van der Waals surface area contributed by atoms with Gasteiger partial charge in [-0.3, -0.25) is 9.69 Å². The summed E-state index contributed by atoms with van der Waals surface area (Å²) in [6.45, 7) is 16.7. The molecule has 0 aliphatic carbocycles. The number of nitrogens with zero attached hydrogens (tertiary/aromatic N) is 3. The van der Waals surface area contributed by atoms with E-state index in [9.17, 15) is 4.79 Å². The Kier molecular flexibility index (Phi) is 9.70. The lowest BCUT2D eigenvalue weighted by atomic mass is 9.86. The van der Waals surface area contributed by atoms with E-state index in [2.05, 4.69) is 51.7 Å². The summed E-state index contributed by atoms with van der Waals surface area (Å²) in [5.41, 5.74) is 2.84. The topological polar surface area (TPSA) is 45.7 Å². The van der Waals surface area contributed by atoms with Crippen LogP contribution in [0.15, 0.2) is 42.5 Å². The number of anilines is 1. The summed E-state index contributed by atoms with van der Waals surface area (Å²) >= 11 is 1.54. The van der Waals surface area contributed by atoms with Gasteiger partial charge >= 0.3 is 0 Å². The SMILES string of the molecule is CCOc1ccc2nc(N(CCN(CC)CC)C(=O)c3ccc(C(C)(C)C)cc3)sc2c1.Cl. The van der Waals surface area contributed by atoms with Gasteiger partial charge in [0.15, 0.2) is 5.13 Å². The number of carbonyl (C=O) groups excluding carboxylic acids is 1. The molecule has 0 aliphatic rings. The number of halogens is 1. The van der Waals surface area contributed by atoms with Crippen molar-refractivity contribution in [1.82, 2.24) is 9.88 Å². The molecular weight excluding hydrogens is 454 g/mol. The summed E-state index contributed by atoms with van der Waals surface area (Å²) in [6, 6.07) is 13.9. The third-order valence-electron chi connectivity index (χ3n) is 5.67. The Morgan fingerprint density at radius 1 is 1.00 bits per heavy atom. The predicted octanol–water partition coefficient (Wildman–Crippen LogP) is 6.40. The van der Waals surface area contributed by atoms with E-state index in [-0.39, 0.29) is 23.7 Å². The summed E-state index contributed by atoms with van der Waals surface area (Å²) in [5, 5.41) is 0.728. The molecule has 2 aromatic carbocycles. The molecule has 0 aliphatic heterocycles. The maximum absolute atomic E-state index is 13.6. The van der Waals surface area contributed by atoms with E-state index in [0.29, 0.717) is 18.7 Å². The first-order valence-corrected chi connectivity index (χ1v) is 12.3. The molecule has 0 bridgehead atoms. The predicted molar refractivity (Wildman–Crippen MR) is 143 cm³/mol. The molecule has 5 nitrogen and oxygen atoms in total. The van der Waals surface area contributed by atoms with Crippen molar-refractivity contribution in [1.29, 1.82) is 0 Å². The highest BCUT2D eigenvalue weighted by Gasteiger charge is 2.23. The van der Waals surface area contributed by atoms with Crippen LogP contribution in [0.2, 0.25) is 0 Å². The second kappa shape index (κ2) is 11.8. The zero-order chi connectivity index (χ0) is 23.3. The average Bonchev–Trinajstić information content (AvgIpc) is 3.19. The van der Waals surface area contributed by atoms with Gasteiger partial charge in [-0.1, -0.05) is 58.1 Å². The van der Waals surface area contributed by atoms with Crippen LogP contribution < -0.4 is 9.64 Å². The van der Waals surface area contributed by atoms with E-state index in [1.807, 2.05) is 42.2 Å². The Hall–Kier alpha value is -2.15. The molecule has 1 amide bonds. The number of thiazole rings is 1. The minimum Gasteiger partial charge on any atom is -0.494 e. The van der Waals surface area contributed by atoms with Crippen LogP contribution in [-0.4, -0.2) is 48.6 Å². The van der Waals surface area contributed by atoms with E-state index in [0.717, 1.165) is 40.7 Å². The smallest absolute Gasteiger partial charge is 0.260 e. The highest BCUT2D eigenvalue weighted by molar-refractivity contribution is 7.22. The van der Waals surface area contributed by atoms with Gasteiger partial charge in [-0.2, -0.15) is 0 Å². The molecule has 180 valence electrons. The first-order chi connectivity index (χ1) is 15.3. The highest BCUT2D eigenvalue weighted by atomic mass is 35.5. The minimum atomic E-state index is -0.0123. The van der Waals surface area contributed by atoms with Crippen LogP contribution >= 0.6 is 23.7 Å². The maximum atomic E-state index is 13.6. The molecule has 0 radical (unpaired) electrons. The maximum Gasteiger partial charge on any atom is 0.260 e. The number of ether oxygens (including phenoxy) is 1. The molecule has 0 saturated carbocycles. The van der Waals surface area contributed by atoms with Crippen molar-refractivity contribution >= 4 is 45.0 Å². The van der Waals surface area contributed by atoms with Crippen LogP contribution in [0.4, 0.5) is 5.13 Å². The number of amides is 1. The van der Waals surface area contributed by atoms with Gasteiger partial charge in [0.25, 0.3) is 5.91 Å². The second-order valence-electron chi connectivity index (χ2n) is 8.87. The fourth-order valence-electron chi connectivity index (χ4n) is 3.60. The Bertz CT molecular complexity index is 1040. The third kappa shape index (κ3) is 6.69. The van der Waals surface area contributed by atoms with Gasteiger partial charge in [0.05, 0.1) is 16.8 Å². The van der Waals surface area contributed by atoms with Gasteiger partial charge in [0.1, 0.15) is 5.75 Å². The van der Waals surface area contributed by atoms with Crippen molar-refractivity contribution in [2.75, 3.05) is 37.7 Å². The van der Waals surface area contributed by atoms with Gasteiger partial charge in [-0.25, -0.2) is 4.98 Å². The zero-order valence-corrected chi connectivity index (χ0v) is 22.2. The molecule has 1 aromatic heterocycles. The van der Waals surface area contributed by atoms with Gasteiger partial charge < -0.3 is 9.64 Å². The Labute approximate surface area is 208 Å². The van der Waals surface area contributed by atoms with E-state index in [1.54, 1.807) is 0 Å². The number of carbonyl (C=O) groups is 1. The number of rotatable bonds is 9. The molecule has 7 heteroatoms. The fourth-order valence-corrected chi connectivity index (χ4v) is 4.62. The molecule has 3 rings (SSSR count). The van der Waals surface area contributed by atoms with Crippen molar-refractivity contribution in [2.24, 2.45) is 0 Å². The number of hydrogen-bond donors (Lipinski definition) is 0. The van der Waals surface area contributed by atoms with Crippen LogP contribution in [0.5, 0.6) is 5.75 Å². The van der Waals surface area contributed by atoms with Crippen LogP contribution in [0.1, 0.15) is 57.5 Å². The highest BCUT2D eigenvalue weighted by Crippen LogP contribution is 2.32. The van der Waals surface area contributed by atoms with E-state index < -0.39 is 0 Å². The van der Waals surface area contributed by atoms with Gasteiger partial charge in [0.2, 0.25) is 0 Å². The molecule has 33 heavy (non-hydrogen) atoms. The average molecular weight is 490 g/mol. The number of fused-ring (bicyclic) bond motifs is 1. The molecule has 0 fully saturated rings. The summed E-state index contributed by atoms with van der Waals surface area (Å²) < 4.78 is 6.66. The van der Waals surface area contributed by atoms with E-state index in [4.69, 9.17) is 9.72 Å². The summed E-state index contributed by atoms with van der Waals surface area (Å²) in [7, 11) is 0. The van der Waals surface area contributed by atoms with Crippen LogP contribution in [0.3, 0.4) is 0 Å². The fraction of sp³-hybridized carbons (Fsp3) is 0.462. The van der Waals surface area contributed by atoms with E-state index in [1.165, 1.54) is 16.9 Å². The first kappa shape index (κ1) is 27.1. The molecular formula is C26H36ClN3O2S. The first-order valence-electron chi connectivity index (χ1n) is 11.4. The standard InChI is InChI=1S/C26H35N3O2S.ClH/c1-7-28(8-2)16-17-29(24(30)19-10-12-20(13-11-19)26(4,5)6)25-27-22-15-14-21(31-9-3)18-23(22)32-25;/h10-15,18H,7-9,16-17H2,1-6H3;1H. The zero-order valence-electron chi connectivity index (χ0n) is 20.6. The number of benzene rings is 2. The molecule has 3 aromatic rings. The lowest BCUT2D eigenvalue weighted by molar-refractivity contribution is 0.0983. The van der Waals surface area contributed by atoms with Crippen molar-refractivity contribution < 1.29 is 9.53 Å². The summed E-state index contributed by atoms with van der Waals surface area (Å²) in [5.74, 6) is 0.815. The Morgan fingerprint density at radius 2 is 1.67 bits per heavy atom. The van der Waals surface area contributed by atoms with Crippen molar-refractivity contribution in [3.63, 3.8) is 0 Å². The van der Waals surface area contributed by atoms with Crippen molar-refractivity contribution in [3.8, 4) is 5.75 Å². The third-order valence-corrected chi connectivity index (χ3v) is 6.71. The largest absolute Gasteiger partial charge is 0.494 e. The van der Waals surface area contributed by atoms with Crippen LogP contribution in [0.25, 0.3) is 10.2 Å². The summed E-state index contributed by atoms with van der Waals surface area (Å²) in [4.78, 5) is 22.5. The lowest BCUT2D eigenvalue weighted by Crippen LogP contribution is -2.38. The van der Waals surface area contributed by atoms with Gasteiger partial charge in [-0.05, 0) is 61.3 Å². The Balaban J connectivity index is 0.00000385. The second-order valence-corrected chi connectivity index (χ2v) is 9.88. The lowest BCUT2D eigenvalue weighted by Gasteiger charge is -2.25. The monoisotopic (exact) mass is 489 g/mol. The number of hydrogen-bond acceptors (Lipinski definition) is 5. The summed E-state index contributed by atoms with van der Waals surface area (Å²) in [6.07, 6.45) is 0. The molecule has 0 spiro atoms. The molecule has 0 unspecified atom stereocenters. The van der Waals surface area contributed by atoms with Crippen LogP contribution in [0, 0.1) is 0 Å². The number of aromatic nitrogens is 1. The quantitative estimate of drug-likeness (QED) is 0.348. The van der Waals surface area contributed by atoms with Gasteiger partial charge in [-0.15, -0.1) is 12.4 Å². The number of likely N-dealkylation sites (N-methyl/N-ethyl adjacent to an activating group) is 1. The minimum absolute atomic E-state index is 0. The van der Waals surface area contributed by atoms with Crippen molar-refractivity contribution in [2.45, 2.75) is 47.0 Å².